The monoisotopic (exact) mass is 307 g/mol. The van der Waals surface area contributed by atoms with Gasteiger partial charge in [0.25, 0.3) is 0 Å². The number of carbonyl (C=O) groups excluding carboxylic acids is 1. The summed E-state index contributed by atoms with van der Waals surface area (Å²) < 4.78 is 10.5. The predicted molar refractivity (Wildman–Crippen MR) is 88.5 cm³/mol. The molecule has 1 atom stereocenters. The second-order valence-corrected chi connectivity index (χ2v) is 4.84. The third-order valence-electron chi connectivity index (χ3n) is 3.21. The summed E-state index contributed by atoms with van der Waals surface area (Å²) in [4.78, 5) is 12.4. The van der Waals surface area contributed by atoms with Crippen LogP contribution in [0.15, 0.2) is 54.6 Å². The van der Waals surface area contributed by atoms with Crippen molar-refractivity contribution in [1.29, 1.82) is 5.26 Å². The van der Waals surface area contributed by atoms with Gasteiger partial charge in [0.1, 0.15) is 11.8 Å². The number of ether oxygens (including phenoxy) is 2. The van der Waals surface area contributed by atoms with Crippen LogP contribution in [0.1, 0.15) is 18.1 Å². The maximum atomic E-state index is 12.4. The van der Waals surface area contributed by atoms with E-state index in [9.17, 15) is 4.79 Å². The fourth-order valence-electron chi connectivity index (χ4n) is 2.07. The van der Waals surface area contributed by atoms with E-state index < -0.39 is 12.1 Å². The Labute approximate surface area is 135 Å². The lowest BCUT2D eigenvalue weighted by Crippen LogP contribution is -2.14. The van der Waals surface area contributed by atoms with E-state index in [2.05, 4.69) is 0 Å². The molecule has 0 aliphatic carbocycles. The molecule has 116 valence electrons. The summed E-state index contributed by atoms with van der Waals surface area (Å²) >= 11 is 0. The number of hydrogen-bond acceptors (Lipinski definition) is 4. The molecule has 0 unspecified atom stereocenters. The lowest BCUT2D eigenvalue weighted by molar-refractivity contribution is -0.138. The van der Waals surface area contributed by atoms with Crippen molar-refractivity contribution in [2.45, 2.75) is 13.0 Å². The first-order valence-electron chi connectivity index (χ1n) is 7.16. The predicted octanol–water partition coefficient (Wildman–Crippen LogP) is 3.69. The van der Waals surface area contributed by atoms with Gasteiger partial charge < -0.3 is 9.47 Å². The molecule has 2 aromatic carbocycles. The van der Waals surface area contributed by atoms with Crippen LogP contribution < -0.4 is 4.74 Å². The van der Waals surface area contributed by atoms with Gasteiger partial charge in [-0.3, -0.25) is 0 Å². The quantitative estimate of drug-likeness (QED) is 0.480. The molecule has 0 fully saturated rings. The van der Waals surface area contributed by atoms with Gasteiger partial charge in [0.2, 0.25) is 0 Å². The van der Waals surface area contributed by atoms with Crippen molar-refractivity contribution >= 4 is 17.6 Å². The average Bonchev–Trinajstić information content (AvgIpc) is 2.60. The number of para-hydroxylation sites is 1. The molecule has 0 aliphatic rings. The van der Waals surface area contributed by atoms with Gasteiger partial charge in [-0.25, -0.2) is 4.79 Å². The zero-order valence-electron chi connectivity index (χ0n) is 13.0. The highest BCUT2D eigenvalue weighted by Gasteiger charge is 2.17. The van der Waals surface area contributed by atoms with E-state index in [1.807, 2.05) is 60.7 Å². The number of esters is 1. The molecule has 0 radical (unpaired) electrons. The molecule has 0 spiro atoms. The molecule has 0 saturated heterocycles. The van der Waals surface area contributed by atoms with E-state index in [1.54, 1.807) is 13.2 Å². The lowest BCUT2D eigenvalue weighted by atomic mass is 10.0. The van der Waals surface area contributed by atoms with Crippen LogP contribution in [-0.2, 0) is 9.53 Å². The zero-order chi connectivity index (χ0) is 16.7. The van der Waals surface area contributed by atoms with Crippen molar-refractivity contribution in [3.63, 3.8) is 0 Å². The maximum Gasteiger partial charge on any atom is 0.340 e. The van der Waals surface area contributed by atoms with Crippen LogP contribution >= 0.6 is 0 Å². The molecule has 0 aromatic heterocycles. The van der Waals surface area contributed by atoms with Crippen LogP contribution in [0, 0.1) is 11.3 Å². The first-order chi connectivity index (χ1) is 11.2. The largest absolute Gasteiger partial charge is 0.496 e. The fourth-order valence-corrected chi connectivity index (χ4v) is 2.07. The second kappa shape index (κ2) is 7.81. The number of carbonyl (C=O) groups is 1. The van der Waals surface area contributed by atoms with Crippen molar-refractivity contribution in [3.8, 4) is 11.8 Å². The number of methoxy groups -OCH3 is 1. The van der Waals surface area contributed by atoms with E-state index >= 15 is 0 Å². The Bertz CT molecular complexity index is 745. The van der Waals surface area contributed by atoms with Crippen molar-refractivity contribution < 1.29 is 14.3 Å². The Morgan fingerprint density at radius 3 is 2.43 bits per heavy atom. The summed E-state index contributed by atoms with van der Waals surface area (Å²) in [6.07, 6.45) is 0.896. The third-order valence-corrected chi connectivity index (χ3v) is 3.21. The standard InChI is InChI=1S/C19H17NO3/c1-14(13-20)23-19(21)17(15-8-4-3-5-9-15)12-16-10-6-7-11-18(16)22-2/h3-12,14H,1-2H3/b17-12+/t14-/m1/s1. The molecule has 0 heterocycles. The summed E-state index contributed by atoms with van der Waals surface area (Å²) in [7, 11) is 1.57. The molecule has 0 saturated carbocycles. The van der Waals surface area contributed by atoms with Crippen LogP contribution in [-0.4, -0.2) is 19.2 Å². The van der Waals surface area contributed by atoms with Crippen LogP contribution in [0.3, 0.4) is 0 Å². The van der Waals surface area contributed by atoms with Crippen molar-refractivity contribution in [2.24, 2.45) is 0 Å². The molecule has 2 rings (SSSR count). The second-order valence-electron chi connectivity index (χ2n) is 4.84. The topological polar surface area (TPSA) is 59.3 Å². The first kappa shape index (κ1) is 16.3. The molecule has 0 N–H and O–H groups in total. The Kier molecular flexibility index (Phi) is 5.54. The van der Waals surface area contributed by atoms with Gasteiger partial charge in [0, 0.05) is 5.56 Å². The highest BCUT2D eigenvalue weighted by molar-refractivity contribution is 6.21. The van der Waals surface area contributed by atoms with Gasteiger partial charge in [-0.15, -0.1) is 0 Å². The minimum atomic E-state index is -0.813. The molecular weight excluding hydrogens is 290 g/mol. The van der Waals surface area contributed by atoms with Crippen molar-refractivity contribution in [2.75, 3.05) is 7.11 Å². The van der Waals surface area contributed by atoms with Crippen LogP contribution in [0.25, 0.3) is 11.6 Å². The first-order valence-corrected chi connectivity index (χ1v) is 7.16. The minimum absolute atomic E-state index is 0.372. The molecule has 0 amide bonds. The number of nitrogens with zero attached hydrogens (tertiary/aromatic N) is 1. The molecule has 4 nitrogen and oxygen atoms in total. The number of nitriles is 1. The van der Waals surface area contributed by atoms with E-state index in [4.69, 9.17) is 14.7 Å². The van der Waals surface area contributed by atoms with Gasteiger partial charge in [0.05, 0.1) is 12.7 Å². The Balaban J connectivity index is 2.47. The van der Waals surface area contributed by atoms with E-state index in [-0.39, 0.29) is 0 Å². The normalized spacial score (nSPS) is 12.1. The lowest BCUT2D eigenvalue weighted by Gasteiger charge is -2.11. The smallest absolute Gasteiger partial charge is 0.340 e. The summed E-state index contributed by atoms with van der Waals surface area (Å²) in [5.41, 5.74) is 1.85. The van der Waals surface area contributed by atoms with Crippen molar-refractivity contribution in [1.82, 2.24) is 0 Å². The summed E-state index contributed by atoms with van der Waals surface area (Å²) in [6.45, 7) is 1.53. The van der Waals surface area contributed by atoms with E-state index in [1.165, 1.54) is 6.92 Å². The molecule has 0 aliphatic heterocycles. The third kappa shape index (κ3) is 4.21. The van der Waals surface area contributed by atoms with Gasteiger partial charge in [-0.1, -0.05) is 48.5 Å². The highest BCUT2D eigenvalue weighted by Crippen LogP contribution is 2.25. The number of benzene rings is 2. The molecule has 2 aromatic rings. The maximum absolute atomic E-state index is 12.4. The SMILES string of the molecule is COc1ccccc1/C=C(/C(=O)O[C@H](C)C#N)c1ccccc1. The Morgan fingerprint density at radius 2 is 1.78 bits per heavy atom. The molecule has 0 bridgehead atoms. The van der Waals surface area contributed by atoms with Crippen LogP contribution in [0.2, 0.25) is 0 Å². The molecule has 4 heteroatoms. The summed E-state index contributed by atoms with van der Waals surface area (Å²) in [6, 6.07) is 18.5. The molecular formula is C19H17NO3. The fraction of sp³-hybridized carbons (Fsp3) is 0.158. The van der Waals surface area contributed by atoms with E-state index in [0.29, 0.717) is 16.9 Å². The van der Waals surface area contributed by atoms with Gasteiger partial charge in [0.15, 0.2) is 6.10 Å². The average molecular weight is 307 g/mol. The summed E-state index contributed by atoms with van der Waals surface area (Å²) in [5, 5.41) is 8.84. The van der Waals surface area contributed by atoms with Crippen molar-refractivity contribution in [3.05, 3.63) is 65.7 Å². The number of hydrogen-bond donors (Lipinski definition) is 0. The molecule has 23 heavy (non-hydrogen) atoms. The Morgan fingerprint density at radius 1 is 1.13 bits per heavy atom. The zero-order valence-corrected chi connectivity index (χ0v) is 13.0. The van der Waals surface area contributed by atoms with Gasteiger partial charge in [-0.2, -0.15) is 5.26 Å². The van der Waals surface area contributed by atoms with E-state index in [0.717, 1.165) is 5.56 Å². The highest BCUT2D eigenvalue weighted by atomic mass is 16.5. The minimum Gasteiger partial charge on any atom is -0.496 e. The van der Waals surface area contributed by atoms with Gasteiger partial charge in [-0.05, 0) is 24.6 Å². The number of rotatable bonds is 5. The Hall–Kier alpha value is -3.06. The van der Waals surface area contributed by atoms with Crippen LogP contribution in [0.5, 0.6) is 5.75 Å². The summed E-state index contributed by atoms with van der Waals surface area (Å²) in [5.74, 6) is 0.109. The van der Waals surface area contributed by atoms with Crippen LogP contribution in [0.4, 0.5) is 0 Å². The van der Waals surface area contributed by atoms with Gasteiger partial charge >= 0.3 is 5.97 Å².